The molecule has 0 radical (unpaired) electrons. The maximum atomic E-state index is 5.39. The van der Waals surface area contributed by atoms with Gasteiger partial charge < -0.3 is 0 Å². The van der Waals surface area contributed by atoms with Crippen LogP contribution in [0.5, 0.6) is 0 Å². The van der Waals surface area contributed by atoms with E-state index in [0.29, 0.717) is 6.61 Å². The highest BCUT2D eigenvalue weighted by Gasteiger charge is 2.10. The third kappa shape index (κ3) is 1.16. The number of hydrogen-bond donors (Lipinski definition) is 0. The van der Waals surface area contributed by atoms with Crippen molar-refractivity contribution in [3.63, 3.8) is 0 Å². The lowest BCUT2D eigenvalue weighted by Gasteiger charge is -1.89. The molecule has 0 bridgehead atoms. The van der Waals surface area contributed by atoms with Gasteiger partial charge in [-0.3, -0.25) is 4.84 Å². The van der Waals surface area contributed by atoms with E-state index in [-0.39, 0.29) is 0 Å². The second kappa shape index (κ2) is 3.11. The number of thiazole rings is 1. The molecule has 0 amide bonds. The van der Waals surface area contributed by atoms with E-state index in [2.05, 4.69) is 12.1 Å². The number of aromatic nitrogens is 1. The van der Waals surface area contributed by atoms with E-state index in [1.54, 1.807) is 11.3 Å². The van der Waals surface area contributed by atoms with Crippen LogP contribution in [0.25, 0.3) is 10.2 Å². The Labute approximate surface area is 75.0 Å². The second-order valence-corrected chi connectivity index (χ2v) is 3.32. The molecule has 0 fully saturated rings. The van der Waals surface area contributed by atoms with E-state index in [4.69, 9.17) is 4.84 Å². The minimum atomic E-state index is 0.700. The summed E-state index contributed by atoms with van der Waals surface area (Å²) in [6.07, 6.45) is 0. The van der Waals surface area contributed by atoms with Gasteiger partial charge in [0.05, 0.1) is 0 Å². The fourth-order valence-electron chi connectivity index (χ4n) is 1.14. The van der Waals surface area contributed by atoms with Crippen molar-refractivity contribution in [2.45, 2.75) is 6.92 Å². The van der Waals surface area contributed by atoms with Crippen molar-refractivity contribution in [1.82, 2.24) is 0 Å². The van der Waals surface area contributed by atoms with E-state index in [9.17, 15) is 0 Å². The molecule has 3 heteroatoms. The summed E-state index contributed by atoms with van der Waals surface area (Å²) in [6, 6.07) is 8.21. The quantitative estimate of drug-likeness (QED) is 0.640. The molecule has 12 heavy (non-hydrogen) atoms. The molecule has 0 aliphatic rings. The normalized spacial score (nSPS) is 10.4. The van der Waals surface area contributed by atoms with Crippen LogP contribution in [0.1, 0.15) is 6.92 Å². The summed E-state index contributed by atoms with van der Waals surface area (Å²) in [7, 11) is 0. The number of fused-ring (bicyclic) bond motifs is 1. The molecular formula is C9H10NOS+. The van der Waals surface area contributed by atoms with Gasteiger partial charge in [-0.15, -0.1) is 0 Å². The van der Waals surface area contributed by atoms with Crippen molar-refractivity contribution in [2.75, 3.05) is 6.61 Å². The minimum absolute atomic E-state index is 0.700. The molecule has 0 aliphatic carbocycles. The van der Waals surface area contributed by atoms with Gasteiger partial charge >= 0.3 is 0 Å². The molecule has 0 saturated heterocycles. The van der Waals surface area contributed by atoms with Crippen LogP contribution in [0.4, 0.5) is 0 Å². The summed E-state index contributed by atoms with van der Waals surface area (Å²) >= 11 is 1.69. The SMILES string of the molecule is CCO[n+]1csc2ccccc21. The van der Waals surface area contributed by atoms with Gasteiger partial charge in [0, 0.05) is 10.8 Å². The number of rotatable bonds is 2. The fraction of sp³-hybridized carbons (Fsp3) is 0.222. The van der Waals surface area contributed by atoms with Crippen molar-refractivity contribution in [2.24, 2.45) is 0 Å². The van der Waals surface area contributed by atoms with Crippen LogP contribution >= 0.6 is 11.3 Å². The van der Waals surface area contributed by atoms with Crippen molar-refractivity contribution >= 4 is 21.6 Å². The number of para-hydroxylation sites is 1. The van der Waals surface area contributed by atoms with E-state index >= 15 is 0 Å². The summed E-state index contributed by atoms with van der Waals surface area (Å²) in [4.78, 5) is 5.39. The van der Waals surface area contributed by atoms with Gasteiger partial charge in [0.25, 0.3) is 11.0 Å². The molecule has 62 valence electrons. The molecular weight excluding hydrogens is 170 g/mol. The first-order valence-corrected chi connectivity index (χ1v) is 4.81. The van der Waals surface area contributed by atoms with Crippen molar-refractivity contribution < 1.29 is 9.57 Å². The summed E-state index contributed by atoms with van der Waals surface area (Å²) in [5.74, 6) is 0. The molecule has 2 rings (SSSR count). The Morgan fingerprint density at radius 1 is 1.42 bits per heavy atom. The standard InChI is InChI=1S/C9H10NOS/c1-2-11-10-7-12-9-6-4-3-5-8(9)10/h3-7H,2H2,1H3/q+1. The lowest BCUT2D eigenvalue weighted by atomic mass is 10.3. The van der Waals surface area contributed by atoms with Crippen molar-refractivity contribution in [3.8, 4) is 0 Å². The van der Waals surface area contributed by atoms with Crippen LogP contribution < -0.4 is 9.57 Å². The van der Waals surface area contributed by atoms with E-state index in [0.717, 1.165) is 5.52 Å². The van der Waals surface area contributed by atoms with Gasteiger partial charge in [0.1, 0.15) is 4.70 Å². The third-order valence-electron chi connectivity index (χ3n) is 1.65. The highest BCUT2D eigenvalue weighted by molar-refractivity contribution is 7.16. The molecule has 2 aromatic rings. The van der Waals surface area contributed by atoms with Crippen LogP contribution in [0.15, 0.2) is 29.8 Å². The Hall–Kier alpha value is -1.09. The van der Waals surface area contributed by atoms with Crippen LogP contribution in [0.3, 0.4) is 0 Å². The summed E-state index contributed by atoms with van der Waals surface area (Å²) in [6.45, 7) is 2.69. The average Bonchev–Trinajstić information content (AvgIpc) is 2.50. The molecule has 1 aromatic carbocycles. The molecule has 1 aromatic heterocycles. The molecule has 0 spiro atoms. The Bertz CT molecular complexity index is 383. The molecule has 0 aliphatic heterocycles. The fourth-order valence-corrected chi connectivity index (χ4v) is 1.96. The van der Waals surface area contributed by atoms with Crippen LogP contribution in [0.2, 0.25) is 0 Å². The van der Waals surface area contributed by atoms with E-state index in [1.807, 2.05) is 29.3 Å². The maximum Gasteiger partial charge on any atom is 0.278 e. The van der Waals surface area contributed by atoms with Crippen LogP contribution in [-0.2, 0) is 0 Å². The highest BCUT2D eigenvalue weighted by atomic mass is 32.1. The molecule has 0 N–H and O–H groups in total. The predicted octanol–water partition coefficient (Wildman–Crippen LogP) is 1.64. The summed E-state index contributed by atoms with van der Waals surface area (Å²) < 4.78 is 3.07. The molecule has 2 nitrogen and oxygen atoms in total. The zero-order valence-corrected chi connectivity index (χ0v) is 7.67. The Kier molecular flexibility index (Phi) is 1.96. The summed E-state index contributed by atoms with van der Waals surface area (Å²) in [5, 5.41) is 0. The first-order valence-electron chi connectivity index (χ1n) is 3.93. The monoisotopic (exact) mass is 180 g/mol. The lowest BCUT2D eigenvalue weighted by Crippen LogP contribution is -2.40. The number of benzene rings is 1. The Morgan fingerprint density at radius 3 is 3.08 bits per heavy atom. The minimum Gasteiger partial charge on any atom is -0.270 e. The second-order valence-electron chi connectivity index (χ2n) is 2.43. The van der Waals surface area contributed by atoms with Crippen molar-refractivity contribution in [1.29, 1.82) is 0 Å². The Balaban J connectivity index is 2.55. The van der Waals surface area contributed by atoms with Gasteiger partial charge in [0.2, 0.25) is 0 Å². The van der Waals surface area contributed by atoms with Crippen LogP contribution in [0, 0.1) is 0 Å². The molecule has 1 heterocycles. The van der Waals surface area contributed by atoms with Crippen LogP contribution in [-0.4, -0.2) is 6.61 Å². The lowest BCUT2D eigenvalue weighted by molar-refractivity contribution is -0.867. The Morgan fingerprint density at radius 2 is 2.25 bits per heavy atom. The largest absolute Gasteiger partial charge is 0.278 e. The molecule has 0 saturated carbocycles. The van der Waals surface area contributed by atoms with Gasteiger partial charge in [-0.05, 0) is 13.0 Å². The van der Waals surface area contributed by atoms with E-state index < -0.39 is 0 Å². The average molecular weight is 180 g/mol. The van der Waals surface area contributed by atoms with E-state index in [1.165, 1.54) is 4.70 Å². The zero-order valence-electron chi connectivity index (χ0n) is 6.86. The first-order chi connectivity index (χ1) is 5.92. The maximum absolute atomic E-state index is 5.39. The molecule has 0 unspecified atom stereocenters. The highest BCUT2D eigenvalue weighted by Crippen LogP contribution is 2.13. The smallest absolute Gasteiger partial charge is 0.270 e. The predicted molar refractivity (Wildman–Crippen MR) is 49.1 cm³/mol. The number of hydrogen-bond acceptors (Lipinski definition) is 2. The van der Waals surface area contributed by atoms with Crippen molar-refractivity contribution in [3.05, 3.63) is 29.8 Å². The van der Waals surface area contributed by atoms with Gasteiger partial charge in [0.15, 0.2) is 6.61 Å². The number of nitrogens with zero attached hydrogens (tertiary/aromatic N) is 1. The van der Waals surface area contributed by atoms with Gasteiger partial charge in [-0.2, -0.15) is 0 Å². The topological polar surface area (TPSA) is 13.1 Å². The van der Waals surface area contributed by atoms with Gasteiger partial charge in [-0.25, -0.2) is 0 Å². The third-order valence-corrected chi connectivity index (χ3v) is 2.54. The molecule has 0 atom stereocenters. The summed E-state index contributed by atoms with van der Waals surface area (Å²) in [5.41, 5.74) is 3.12. The van der Waals surface area contributed by atoms with Gasteiger partial charge in [-0.1, -0.05) is 23.5 Å². The first kappa shape index (κ1) is 7.55. The zero-order chi connectivity index (χ0) is 8.39.